The molecule has 4 nitrogen and oxygen atoms in total. The summed E-state index contributed by atoms with van der Waals surface area (Å²) in [5, 5.41) is 3.20. The summed E-state index contributed by atoms with van der Waals surface area (Å²) >= 11 is 1.46. The highest BCUT2D eigenvalue weighted by Gasteiger charge is 2.28. The predicted molar refractivity (Wildman–Crippen MR) is 119 cm³/mol. The van der Waals surface area contributed by atoms with Crippen molar-refractivity contribution in [2.75, 3.05) is 11.9 Å². The van der Waals surface area contributed by atoms with Gasteiger partial charge < -0.3 is 10.2 Å². The number of fused-ring (bicyclic) bond motifs is 1. The molecule has 2 aromatic rings. The highest BCUT2D eigenvalue weighted by molar-refractivity contribution is 8.04. The molecular formula is C24H26N2O2S. The topological polar surface area (TPSA) is 49.4 Å². The van der Waals surface area contributed by atoms with Crippen molar-refractivity contribution >= 4 is 35.3 Å². The SMILES string of the molecule is C[C@@H]1CCCC[C@H]1NC(=O)c1ccc2c(c1)N(C)C(=O)/C(=C\c1ccccc1)S2. The van der Waals surface area contributed by atoms with Gasteiger partial charge in [0.05, 0.1) is 10.6 Å². The van der Waals surface area contributed by atoms with E-state index in [1.165, 1.54) is 31.0 Å². The first-order chi connectivity index (χ1) is 14.0. The van der Waals surface area contributed by atoms with Crippen LogP contribution in [0.3, 0.4) is 0 Å². The molecule has 2 aliphatic rings. The summed E-state index contributed by atoms with van der Waals surface area (Å²) in [5.74, 6) is 0.406. The van der Waals surface area contributed by atoms with Crippen LogP contribution in [0.1, 0.15) is 48.5 Å². The first-order valence-corrected chi connectivity index (χ1v) is 11.0. The van der Waals surface area contributed by atoms with E-state index in [9.17, 15) is 9.59 Å². The number of amides is 2. The van der Waals surface area contributed by atoms with Crippen LogP contribution in [-0.4, -0.2) is 24.9 Å². The Hall–Kier alpha value is -2.53. The average Bonchev–Trinajstić information content (AvgIpc) is 2.74. The van der Waals surface area contributed by atoms with Crippen LogP contribution in [0.2, 0.25) is 0 Å². The summed E-state index contributed by atoms with van der Waals surface area (Å²) in [6, 6.07) is 15.7. The fourth-order valence-corrected chi connectivity index (χ4v) is 5.11. The van der Waals surface area contributed by atoms with E-state index in [-0.39, 0.29) is 17.9 Å². The van der Waals surface area contributed by atoms with Crippen molar-refractivity contribution in [1.82, 2.24) is 5.32 Å². The van der Waals surface area contributed by atoms with Gasteiger partial charge in [-0.25, -0.2) is 0 Å². The van der Waals surface area contributed by atoms with Crippen LogP contribution in [0.25, 0.3) is 6.08 Å². The highest BCUT2D eigenvalue weighted by atomic mass is 32.2. The number of rotatable bonds is 3. The predicted octanol–water partition coefficient (Wildman–Crippen LogP) is 5.10. The number of thioether (sulfide) groups is 1. The maximum atomic E-state index is 12.9. The molecule has 0 saturated heterocycles. The molecule has 150 valence electrons. The number of hydrogen-bond donors (Lipinski definition) is 1. The van der Waals surface area contributed by atoms with Crippen LogP contribution in [0.5, 0.6) is 0 Å². The van der Waals surface area contributed by atoms with Gasteiger partial charge in [0.2, 0.25) is 0 Å². The van der Waals surface area contributed by atoms with Crippen LogP contribution >= 0.6 is 11.8 Å². The van der Waals surface area contributed by atoms with Gasteiger partial charge in [0.1, 0.15) is 0 Å². The van der Waals surface area contributed by atoms with Crippen LogP contribution < -0.4 is 10.2 Å². The zero-order valence-electron chi connectivity index (χ0n) is 16.9. The second kappa shape index (κ2) is 8.46. The van der Waals surface area contributed by atoms with Gasteiger partial charge in [-0.2, -0.15) is 0 Å². The Labute approximate surface area is 176 Å². The third-order valence-electron chi connectivity index (χ3n) is 5.84. The summed E-state index contributed by atoms with van der Waals surface area (Å²) < 4.78 is 0. The lowest BCUT2D eigenvalue weighted by atomic mass is 9.86. The molecule has 1 fully saturated rings. The largest absolute Gasteiger partial charge is 0.349 e. The molecule has 1 N–H and O–H groups in total. The van der Waals surface area contributed by atoms with E-state index < -0.39 is 0 Å². The molecule has 29 heavy (non-hydrogen) atoms. The second-order valence-electron chi connectivity index (χ2n) is 7.91. The molecule has 2 aromatic carbocycles. The van der Waals surface area contributed by atoms with Gasteiger partial charge in [-0.1, -0.05) is 61.9 Å². The summed E-state index contributed by atoms with van der Waals surface area (Å²) in [6.07, 6.45) is 6.54. The van der Waals surface area contributed by atoms with Crippen molar-refractivity contribution in [2.24, 2.45) is 5.92 Å². The van der Waals surface area contributed by atoms with Gasteiger partial charge in [0.25, 0.3) is 11.8 Å². The Bertz CT molecular complexity index is 955. The van der Waals surface area contributed by atoms with Crippen LogP contribution in [0.4, 0.5) is 5.69 Å². The van der Waals surface area contributed by atoms with Crippen molar-refractivity contribution in [2.45, 2.75) is 43.5 Å². The molecule has 0 spiro atoms. The molecule has 2 amide bonds. The lowest BCUT2D eigenvalue weighted by Gasteiger charge is -2.30. The molecule has 0 bridgehead atoms. The van der Waals surface area contributed by atoms with Crippen molar-refractivity contribution in [3.05, 3.63) is 64.6 Å². The lowest BCUT2D eigenvalue weighted by Crippen LogP contribution is -2.41. The number of nitrogens with zero attached hydrogens (tertiary/aromatic N) is 1. The minimum Gasteiger partial charge on any atom is -0.349 e. The normalized spacial score (nSPS) is 23.0. The number of hydrogen-bond acceptors (Lipinski definition) is 3. The summed E-state index contributed by atoms with van der Waals surface area (Å²) in [7, 11) is 1.77. The van der Waals surface area contributed by atoms with E-state index in [2.05, 4.69) is 12.2 Å². The van der Waals surface area contributed by atoms with E-state index in [0.29, 0.717) is 16.4 Å². The first kappa shape index (κ1) is 19.8. The minimum atomic E-state index is -0.0528. The number of nitrogens with one attached hydrogen (secondary N) is 1. The zero-order chi connectivity index (χ0) is 20.4. The van der Waals surface area contributed by atoms with E-state index in [0.717, 1.165) is 22.6 Å². The maximum Gasteiger partial charge on any atom is 0.264 e. The van der Waals surface area contributed by atoms with Gasteiger partial charge in [0.15, 0.2) is 0 Å². The molecule has 2 atom stereocenters. The molecule has 1 aliphatic heterocycles. The number of anilines is 1. The molecule has 1 saturated carbocycles. The first-order valence-electron chi connectivity index (χ1n) is 10.2. The number of carbonyl (C=O) groups is 2. The number of likely N-dealkylation sites (N-methyl/N-ethyl adjacent to an activating group) is 1. The third-order valence-corrected chi connectivity index (χ3v) is 6.92. The van der Waals surface area contributed by atoms with Crippen molar-refractivity contribution in [3.8, 4) is 0 Å². The lowest BCUT2D eigenvalue weighted by molar-refractivity contribution is -0.114. The Kier molecular flexibility index (Phi) is 5.76. The smallest absolute Gasteiger partial charge is 0.264 e. The van der Waals surface area contributed by atoms with Crippen molar-refractivity contribution < 1.29 is 9.59 Å². The van der Waals surface area contributed by atoms with E-state index in [1.54, 1.807) is 11.9 Å². The fourth-order valence-electron chi connectivity index (χ4n) is 4.02. The average molecular weight is 407 g/mol. The summed E-state index contributed by atoms with van der Waals surface area (Å²) in [6.45, 7) is 2.21. The standard InChI is InChI=1S/C24H26N2O2S/c1-16-8-6-7-11-19(16)25-23(27)18-12-13-21-20(15-18)26(2)24(28)22(29-21)14-17-9-4-3-5-10-17/h3-5,9-10,12-16,19H,6-8,11H2,1-2H3,(H,25,27)/b22-14+/t16-,19-/m1/s1. The maximum absolute atomic E-state index is 12.9. The second-order valence-corrected chi connectivity index (χ2v) is 8.99. The van der Waals surface area contributed by atoms with Crippen molar-refractivity contribution in [1.29, 1.82) is 0 Å². The van der Waals surface area contributed by atoms with E-state index >= 15 is 0 Å². The molecular weight excluding hydrogens is 380 g/mol. The Morgan fingerprint density at radius 1 is 1.14 bits per heavy atom. The number of benzene rings is 2. The van der Waals surface area contributed by atoms with Gasteiger partial charge >= 0.3 is 0 Å². The Morgan fingerprint density at radius 2 is 1.90 bits per heavy atom. The quantitative estimate of drug-likeness (QED) is 0.721. The molecule has 1 aliphatic carbocycles. The zero-order valence-corrected chi connectivity index (χ0v) is 17.7. The van der Waals surface area contributed by atoms with Gasteiger partial charge in [-0.15, -0.1) is 0 Å². The Morgan fingerprint density at radius 3 is 2.66 bits per heavy atom. The minimum absolute atomic E-state index is 0.0511. The number of carbonyl (C=O) groups excluding carboxylic acids is 2. The summed E-state index contributed by atoms with van der Waals surface area (Å²) in [4.78, 5) is 29.0. The monoisotopic (exact) mass is 406 g/mol. The van der Waals surface area contributed by atoms with Crippen LogP contribution in [-0.2, 0) is 4.79 Å². The van der Waals surface area contributed by atoms with Crippen LogP contribution in [0, 0.1) is 5.92 Å². The van der Waals surface area contributed by atoms with E-state index in [4.69, 9.17) is 0 Å². The summed E-state index contributed by atoms with van der Waals surface area (Å²) in [5.41, 5.74) is 2.39. The van der Waals surface area contributed by atoms with Gasteiger partial charge in [-0.05, 0) is 48.6 Å². The molecule has 1 heterocycles. The molecule has 0 radical (unpaired) electrons. The Balaban J connectivity index is 1.55. The van der Waals surface area contributed by atoms with Gasteiger partial charge in [0, 0.05) is 23.5 Å². The molecule has 0 unspecified atom stereocenters. The molecule has 0 aromatic heterocycles. The van der Waals surface area contributed by atoms with Crippen LogP contribution in [0.15, 0.2) is 58.3 Å². The highest BCUT2D eigenvalue weighted by Crippen LogP contribution is 2.42. The molecule has 4 rings (SSSR count). The fraction of sp³-hybridized carbons (Fsp3) is 0.333. The third kappa shape index (κ3) is 4.25. The van der Waals surface area contributed by atoms with Gasteiger partial charge in [-0.3, -0.25) is 9.59 Å². The molecule has 5 heteroatoms. The van der Waals surface area contributed by atoms with E-state index in [1.807, 2.05) is 54.6 Å². The van der Waals surface area contributed by atoms with Crippen molar-refractivity contribution in [3.63, 3.8) is 0 Å².